The van der Waals surface area contributed by atoms with Gasteiger partial charge in [-0.15, -0.1) is 5.10 Å². The first-order valence-electron chi connectivity index (χ1n) is 7.31. The van der Waals surface area contributed by atoms with E-state index in [0.717, 1.165) is 16.8 Å². The molecule has 0 spiro atoms. The second kappa shape index (κ2) is 5.71. The van der Waals surface area contributed by atoms with Gasteiger partial charge in [0.2, 0.25) is 5.69 Å². The molecule has 124 valence electrons. The van der Waals surface area contributed by atoms with E-state index in [4.69, 9.17) is 4.74 Å². The third-order valence-corrected chi connectivity index (χ3v) is 3.70. The minimum atomic E-state index is -1.19. The van der Waals surface area contributed by atoms with Gasteiger partial charge in [0.1, 0.15) is 11.6 Å². The predicted molar refractivity (Wildman–Crippen MR) is 89.3 cm³/mol. The monoisotopic (exact) mass is 336 g/mol. The van der Waals surface area contributed by atoms with Crippen LogP contribution in [0.3, 0.4) is 0 Å². The Labute approximate surface area is 140 Å². The number of aromatic carboxylic acids is 1. The number of ether oxygens (including phenoxy) is 1. The number of nitrogens with zero attached hydrogens (tertiary/aromatic N) is 5. The Balaban J connectivity index is 1.90. The maximum atomic E-state index is 11.3. The maximum absolute atomic E-state index is 11.3. The summed E-state index contributed by atoms with van der Waals surface area (Å²) in [5, 5.41) is 20.8. The van der Waals surface area contributed by atoms with Gasteiger partial charge in [0.25, 0.3) is 0 Å². The normalized spacial score (nSPS) is 10.9. The number of methoxy groups -OCH3 is 1. The molecule has 3 heterocycles. The number of carboxylic acid groups (broad SMARTS) is 1. The Morgan fingerprint density at radius 3 is 2.76 bits per heavy atom. The Hall–Kier alpha value is -3.75. The number of aromatic nitrogens is 5. The van der Waals surface area contributed by atoms with E-state index in [0.29, 0.717) is 11.3 Å². The standard InChI is InChI=1S/C16H12N6O3/c1-25-10-4-2-9(3-5-10)18-14-11-6-7-17-8-12(11)22-15(19-14)13(16(23)24)20-21-22/h2-8H,1H3,(H,18,19)(H,23,24). The SMILES string of the molecule is COc1ccc(Nc2nc3c(C(=O)O)nnn3c3cnccc23)cc1. The van der Waals surface area contributed by atoms with Crippen LogP contribution in [0, 0.1) is 0 Å². The summed E-state index contributed by atoms with van der Waals surface area (Å²) < 4.78 is 6.51. The fourth-order valence-corrected chi connectivity index (χ4v) is 2.51. The lowest BCUT2D eigenvalue weighted by molar-refractivity contribution is 0.0692. The van der Waals surface area contributed by atoms with Gasteiger partial charge >= 0.3 is 5.97 Å². The molecule has 3 aromatic heterocycles. The summed E-state index contributed by atoms with van der Waals surface area (Å²) in [7, 11) is 1.60. The molecule has 9 nitrogen and oxygen atoms in total. The van der Waals surface area contributed by atoms with Gasteiger partial charge in [-0.1, -0.05) is 5.21 Å². The van der Waals surface area contributed by atoms with Crippen molar-refractivity contribution >= 4 is 34.0 Å². The Morgan fingerprint density at radius 2 is 2.04 bits per heavy atom. The average molecular weight is 336 g/mol. The van der Waals surface area contributed by atoms with E-state index >= 15 is 0 Å². The fourth-order valence-electron chi connectivity index (χ4n) is 2.51. The molecule has 4 aromatic rings. The Bertz CT molecular complexity index is 1090. The van der Waals surface area contributed by atoms with Crippen molar-refractivity contribution < 1.29 is 14.6 Å². The van der Waals surface area contributed by atoms with Crippen molar-refractivity contribution in [2.24, 2.45) is 0 Å². The lowest BCUT2D eigenvalue weighted by Gasteiger charge is -2.10. The summed E-state index contributed by atoms with van der Waals surface area (Å²) >= 11 is 0. The average Bonchev–Trinajstić information content (AvgIpc) is 3.07. The second-order valence-corrected chi connectivity index (χ2v) is 5.19. The number of rotatable bonds is 4. The molecule has 4 rings (SSSR count). The molecular weight excluding hydrogens is 324 g/mol. The summed E-state index contributed by atoms with van der Waals surface area (Å²) in [6.07, 6.45) is 3.22. The van der Waals surface area contributed by atoms with Crippen LogP contribution in [0.25, 0.3) is 16.6 Å². The molecule has 0 atom stereocenters. The molecule has 0 aliphatic heterocycles. The highest BCUT2D eigenvalue weighted by Gasteiger charge is 2.19. The van der Waals surface area contributed by atoms with E-state index in [1.165, 1.54) is 4.52 Å². The fraction of sp³-hybridized carbons (Fsp3) is 0.0625. The maximum Gasteiger partial charge on any atom is 0.360 e. The predicted octanol–water partition coefficient (Wildman–Crippen LogP) is 2.12. The van der Waals surface area contributed by atoms with Gasteiger partial charge < -0.3 is 15.2 Å². The molecular formula is C16H12N6O3. The number of hydrogen-bond donors (Lipinski definition) is 2. The third kappa shape index (κ3) is 2.47. The number of hydrogen-bond acceptors (Lipinski definition) is 7. The molecule has 2 N–H and O–H groups in total. The van der Waals surface area contributed by atoms with E-state index in [2.05, 4.69) is 25.6 Å². The summed E-state index contributed by atoms with van der Waals surface area (Å²) in [6.45, 7) is 0. The van der Waals surface area contributed by atoms with Crippen molar-refractivity contribution in [3.8, 4) is 5.75 Å². The van der Waals surface area contributed by atoms with Crippen molar-refractivity contribution in [3.05, 3.63) is 48.4 Å². The molecule has 0 unspecified atom stereocenters. The molecule has 0 amide bonds. The molecule has 0 aliphatic carbocycles. The summed E-state index contributed by atoms with van der Waals surface area (Å²) in [5.74, 6) is 0.0252. The van der Waals surface area contributed by atoms with Gasteiger partial charge in [-0.2, -0.15) is 4.52 Å². The van der Waals surface area contributed by atoms with Gasteiger partial charge in [0.15, 0.2) is 5.65 Å². The van der Waals surface area contributed by atoms with Crippen molar-refractivity contribution in [3.63, 3.8) is 0 Å². The smallest absolute Gasteiger partial charge is 0.360 e. The van der Waals surface area contributed by atoms with Crippen LogP contribution >= 0.6 is 0 Å². The summed E-state index contributed by atoms with van der Waals surface area (Å²) in [5.41, 5.74) is 1.30. The molecule has 1 aromatic carbocycles. The highest BCUT2D eigenvalue weighted by Crippen LogP contribution is 2.26. The largest absolute Gasteiger partial charge is 0.497 e. The quantitative estimate of drug-likeness (QED) is 0.582. The van der Waals surface area contributed by atoms with Gasteiger partial charge in [0, 0.05) is 17.3 Å². The van der Waals surface area contributed by atoms with Gasteiger partial charge in [-0.05, 0) is 30.3 Å². The van der Waals surface area contributed by atoms with Crippen molar-refractivity contribution in [2.45, 2.75) is 0 Å². The molecule has 0 aliphatic rings. The number of carboxylic acids is 1. The van der Waals surface area contributed by atoms with Crippen molar-refractivity contribution in [2.75, 3.05) is 12.4 Å². The van der Waals surface area contributed by atoms with E-state index in [1.807, 2.05) is 24.3 Å². The number of benzene rings is 1. The Morgan fingerprint density at radius 1 is 1.24 bits per heavy atom. The Kier molecular flexibility index (Phi) is 3.38. The molecule has 0 fully saturated rings. The zero-order valence-electron chi connectivity index (χ0n) is 13.0. The van der Waals surface area contributed by atoms with Crippen LogP contribution < -0.4 is 10.1 Å². The molecule has 0 saturated heterocycles. The molecule has 0 saturated carbocycles. The van der Waals surface area contributed by atoms with Gasteiger partial charge in [-0.25, -0.2) is 9.78 Å². The van der Waals surface area contributed by atoms with Crippen molar-refractivity contribution in [1.29, 1.82) is 0 Å². The third-order valence-electron chi connectivity index (χ3n) is 3.70. The van der Waals surface area contributed by atoms with Crippen LogP contribution in [0.5, 0.6) is 5.75 Å². The second-order valence-electron chi connectivity index (χ2n) is 5.19. The van der Waals surface area contributed by atoms with Crippen LogP contribution in [0.2, 0.25) is 0 Å². The number of nitrogens with one attached hydrogen (secondary N) is 1. The lowest BCUT2D eigenvalue weighted by atomic mass is 10.2. The first-order chi connectivity index (χ1) is 12.2. The van der Waals surface area contributed by atoms with Crippen LogP contribution in [0.15, 0.2) is 42.7 Å². The first-order valence-corrected chi connectivity index (χ1v) is 7.31. The van der Waals surface area contributed by atoms with Crippen LogP contribution in [0.1, 0.15) is 10.5 Å². The number of fused-ring (bicyclic) bond motifs is 3. The van der Waals surface area contributed by atoms with E-state index in [1.54, 1.807) is 25.6 Å². The highest BCUT2D eigenvalue weighted by atomic mass is 16.5. The van der Waals surface area contributed by atoms with E-state index in [9.17, 15) is 9.90 Å². The zero-order valence-corrected chi connectivity index (χ0v) is 13.0. The van der Waals surface area contributed by atoms with Gasteiger partial charge in [0.05, 0.1) is 18.8 Å². The number of anilines is 2. The topological polar surface area (TPSA) is 115 Å². The number of carbonyl (C=O) groups is 1. The molecule has 0 radical (unpaired) electrons. The van der Waals surface area contributed by atoms with E-state index in [-0.39, 0.29) is 11.3 Å². The van der Waals surface area contributed by atoms with E-state index < -0.39 is 5.97 Å². The van der Waals surface area contributed by atoms with Crippen LogP contribution in [0.4, 0.5) is 11.5 Å². The highest BCUT2D eigenvalue weighted by molar-refractivity contribution is 5.97. The van der Waals surface area contributed by atoms with Crippen LogP contribution in [-0.4, -0.2) is 43.0 Å². The minimum absolute atomic E-state index is 0.143. The van der Waals surface area contributed by atoms with Crippen LogP contribution in [-0.2, 0) is 0 Å². The first kappa shape index (κ1) is 14.8. The lowest BCUT2D eigenvalue weighted by Crippen LogP contribution is -2.03. The number of pyridine rings is 1. The molecule has 25 heavy (non-hydrogen) atoms. The molecule has 0 bridgehead atoms. The zero-order chi connectivity index (χ0) is 17.4. The molecule has 9 heteroatoms. The summed E-state index contributed by atoms with van der Waals surface area (Å²) in [4.78, 5) is 19.8. The minimum Gasteiger partial charge on any atom is -0.497 e. The van der Waals surface area contributed by atoms with Gasteiger partial charge in [-0.3, -0.25) is 4.98 Å². The van der Waals surface area contributed by atoms with Crippen molar-refractivity contribution in [1.82, 2.24) is 24.8 Å². The summed E-state index contributed by atoms with van der Waals surface area (Å²) in [6, 6.07) is 9.08.